The van der Waals surface area contributed by atoms with Gasteiger partial charge in [0.05, 0.1) is 6.34 Å². The average molecular weight is 370 g/mol. The Kier molecular flexibility index (Phi) is 6.05. The van der Waals surface area contributed by atoms with Crippen molar-refractivity contribution >= 4 is 46.7 Å². The Bertz CT molecular complexity index is 981. The van der Waals surface area contributed by atoms with Gasteiger partial charge in [-0.25, -0.2) is 9.98 Å². The number of rotatable bonds is 6. The molecule has 10 heteroatoms. The minimum atomic E-state index is -1.23. The highest BCUT2D eigenvalue weighted by Gasteiger charge is 2.21. The van der Waals surface area contributed by atoms with Crippen LogP contribution in [0.4, 0.5) is 5.82 Å². The number of aliphatic imine (C=N–C) groups is 2. The van der Waals surface area contributed by atoms with Crippen LogP contribution in [0, 0.1) is 0 Å². The fourth-order valence-corrected chi connectivity index (χ4v) is 2.38. The Morgan fingerprint density at radius 2 is 2.11 bits per heavy atom. The number of amides is 1. The van der Waals surface area contributed by atoms with Crippen LogP contribution in [0.2, 0.25) is 0 Å². The van der Waals surface area contributed by atoms with E-state index in [1.54, 1.807) is 31.3 Å². The van der Waals surface area contributed by atoms with Crippen molar-refractivity contribution in [2.24, 2.45) is 21.5 Å². The van der Waals surface area contributed by atoms with Crippen molar-refractivity contribution in [1.82, 2.24) is 10.3 Å². The van der Waals surface area contributed by atoms with Crippen LogP contribution in [-0.4, -0.2) is 53.2 Å². The summed E-state index contributed by atoms with van der Waals surface area (Å²) in [5, 5.41) is 22.0. The summed E-state index contributed by atoms with van der Waals surface area (Å²) < 4.78 is 0. The Morgan fingerprint density at radius 3 is 2.74 bits per heavy atom. The van der Waals surface area contributed by atoms with Crippen LogP contribution in [-0.2, 0) is 4.79 Å². The van der Waals surface area contributed by atoms with E-state index in [0.29, 0.717) is 16.6 Å². The molecule has 0 unspecified atom stereocenters. The standard InChI is InChI=1S/C17H18N6O4/c1-20-6-5-11(19)9-3-2-4-10-13(9)16(22-8-18)23-14(15(10)26)17(27)21-7-12(24)25/h2-6,8,26H,7,19H2,1H3,(H,21,27)(H,24,25)(H2,18,22,23)/b11-5-,20-6?. The third-order valence-corrected chi connectivity index (χ3v) is 3.51. The summed E-state index contributed by atoms with van der Waals surface area (Å²) >= 11 is 0. The molecule has 1 heterocycles. The minimum Gasteiger partial charge on any atom is -0.505 e. The summed E-state index contributed by atoms with van der Waals surface area (Å²) in [5.41, 5.74) is 11.9. The van der Waals surface area contributed by atoms with Gasteiger partial charge in [-0.15, -0.1) is 0 Å². The number of benzene rings is 1. The zero-order valence-corrected chi connectivity index (χ0v) is 14.4. The van der Waals surface area contributed by atoms with Gasteiger partial charge in [-0.1, -0.05) is 18.2 Å². The van der Waals surface area contributed by atoms with Gasteiger partial charge < -0.3 is 27.0 Å². The Labute approximate surface area is 153 Å². The van der Waals surface area contributed by atoms with E-state index in [-0.39, 0.29) is 16.9 Å². The van der Waals surface area contributed by atoms with E-state index < -0.39 is 24.2 Å². The Hall–Kier alpha value is -3.95. The monoisotopic (exact) mass is 370 g/mol. The van der Waals surface area contributed by atoms with Crippen LogP contribution in [0.5, 0.6) is 5.75 Å². The summed E-state index contributed by atoms with van der Waals surface area (Å²) in [6, 6.07) is 4.88. The molecule has 1 amide bonds. The van der Waals surface area contributed by atoms with Crippen LogP contribution in [0.25, 0.3) is 16.5 Å². The largest absolute Gasteiger partial charge is 0.505 e. The number of hydrogen-bond donors (Lipinski definition) is 5. The van der Waals surface area contributed by atoms with Gasteiger partial charge in [-0.05, 0) is 6.08 Å². The van der Waals surface area contributed by atoms with Crippen molar-refractivity contribution in [3.8, 4) is 5.75 Å². The summed E-state index contributed by atoms with van der Waals surface area (Å²) in [7, 11) is 1.59. The zero-order valence-electron chi connectivity index (χ0n) is 14.4. The van der Waals surface area contributed by atoms with Crippen LogP contribution in [0.3, 0.4) is 0 Å². The smallest absolute Gasteiger partial charge is 0.322 e. The van der Waals surface area contributed by atoms with Gasteiger partial charge in [0.1, 0.15) is 6.54 Å². The first-order chi connectivity index (χ1) is 12.9. The number of fused-ring (bicyclic) bond motifs is 1. The van der Waals surface area contributed by atoms with Gasteiger partial charge in [0.15, 0.2) is 17.3 Å². The molecule has 0 aliphatic carbocycles. The van der Waals surface area contributed by atoms with Crippen molar-refractivity contribution in [2.75, 3.05) is 13.6 Å². The third-order valence-electron chi connectivity index (χ3n) is 3.51. The molecular weight excluding hydrogens is 352 g/mol. The quantitative estimate of drug-likeness (QED) is 0.360. The predicted molar refractivity (Wildman–Crippen MR) is 102 cm³/mol. The molecule has 27 heavy (non-hydrogen) atoms. The van der Waals surface area contributed by atoms with Gasteiger partial charge in [-0.3, -0.25) is 14.6 Å². The summed E-state index contributed by atoms with van der Waals surface area (Å²) in [4.78, 5) is 34.7. The number of nitrogens with one attached hydrogen (secondary N) is 1. The van der Waals surface area contributed by atoms with E-state index in [2.05, 4.69) is 20.3 Å². The first kappa shape index (κ1) is 19.4. The summed E-state index contributed by atoms with van der Waals surface area (Å²) in [5.74, 6) is -2.48. The zero-order chi connectivity index (χ0) is 20.0. The van der Waals surface area contributed by atoms with E-state index in [0.717, 1.165) is 6.34 Å². The number of hydrogen-bond acceptors (Lipinski definition) is 7. The molecule has 0 fully saturated rings. The lowest BCUT2D eigenvalue weighted by Gasteiger charge is -2.13. The number of aliphatic carboxylic acids is 1. The van der Waals surface area contributed by atoms with Crippen LogP contribution in [0.1, 0.15) is 16.1 Å². The lowest BCUT2D eigenvalue weighted by atomic mass is 10.0. The highest BCUT2D eigenvalue weighted by Crippen LogP contribution is 2.37. The SMILES string of the molecule is CN=C/C=C(\N)c1cccc2c(O)c(C(=O)NCC(=O)O)nc(N=CN)c12. The van der Waals surface area contributed by atoms with Crippen molar-refractivity contribution in [2.45, 2.75) is 0 Å². The number of carbonyl (C=O) groups excluding carboxylic acids is 1. The molecule has 2 rings (SSSR count). The lowest BCUT2D eigenvalue weighted by Crippen LogP contribution is -2.30. The van der Waals surface area contributed by atoms with Crippen LogP contribution < -0.4 is 16.8 Å². The number of carboxylic acids is 1. The molecule has 0 atom stereocenters. The van der Waals surface area contributed by atoms with E-state index in [9.17, 15) is 14.7 Å². The summed E-state index contributed by atoms with van der Waals surface area (Å²) in [6.45, 7) is -0.625. The number of nitrogens with zero attached hydrogens (tertiary/aromatic N) is 3. The molecule has 1 aromatic heterocycles. The fraction of sp³-hybridized carbons (Fsp3) is 0.118. The molecule has 1 aromatic carbocycles. The van der Waals surface area contributed by atoms with Crippen molar-refractivity contribution in [3.63, 3.8) is 0 Å². The second-order valence-corrected chi connectivity index (χ2v) is 5.24. The maximum atomic E-state index is 12.2. The molecule has 0 saturated carbocycles. The number of carboxylic acid groups (broad SMARTS) is 1. The Morgan fingerprint density at radius 1 is 1.37 bits per heavy atom. The number of aromatic nitrogens is 1. The number of nitrogens with two attached hydrogens (primary N) is 2. The molecule has 0 bridgehead atoms. The predicted octanol–water partition coefficient (Wildman–Crippen LogP) is 0.374. The average Bonchev–Trinajstić information content (AvgIpc) is 2.65. The minimum absolute atomic E-state index is 0.0474. The molecule has 140 valence electrons. The van der Waals surface area contributed by atoms with Crippen molar-refractivity contribution in [1.29, 1.82) is 0 Å². The first-order valence-corrected chi connectivity index (χ1v) is 7.69. The maximum absolute atomic E-state index is 12.2. The van der Waals surface area contributed by atoms with Gasteiger partial charge in [0.25, 0.3) is 5.91 Å². The number of aromatic hydroxyl groups is 1. The maximum Gasteiger partial charge on any atom is 0.322 e. The van der Waals surface area contributed by atoms with E-state index >= 15 is 0 Å². The molecule has 0 spiro atoms. The molecule has 7 N–H and O–H groups in total. The second kappa shape index (κ2) is 8.43. The second-order valence-electron chi connectivity index (χ2n) is 5.24. The van der Waals surface area contributed by atoms with Crippen molar-refractivity contribution < 1.29 is 19.8 Å². The van der Waals surface area contributed by atoms with Gasteiger partial charge in [0, 0.05) is 35.3 Å². The first-order valence-electron chi connectivity index (χ1n) is 7.69. The van der Waals surface area contributed by atoms with Gasteiger partial charge in [0.2, 0.25) is 0 Å². The lowest BCUT2D eigenvalue weighted by molar-refractivity contribution is -0.135. The van der Waals surface area contributed by atoms with Gasteiger partial charge in [-0.2, -0.15) is 0 Å². The topological polar surface area (TPSA) is 176 Å². The van der Waals surface area contributed by atoms with E-state index in [4.69, 9.17) is 16.6 Å². The molecule has 0 saturated heterocycles. The molecular formula is C17H18N6O4. The van der Waals surface area contributed by atoms with E-state index in [1.807, 2.05) is 0 Å². The fourth-order valence-electron chi connectivity index (χ4n) is 2.38. The van der Waals surface area contributed by atoms with Gasteiger partial charge >= 0.3 is 5.97 Å². The highest BCUT2D eigenvalue weighted by atomic mass is 16.4. The molecule has 0 radical (unpaired) electrons. The third kappa shape index (κ3) is 4.18. The van der Waals surface area contributed by atoms with E-state index in [1.165, 1.54) is 6.21 Å². The van der Waals surface area contributed by atoms with Crippen LogP contribution in [0.15, 0.2) is 34.3 Å². The van der Waals surface area contributed by atoms with Crippen LogP contribution >= 0.6 is 0 Å². The molecule has 10 nitrogen and oxygen atoms in total. The summed E-state index contributed by atoms with van der Waals surface area (Å²) in [6.07, 6.45) is 4.05. The number of carbonyl (C=O) groups is 2. The Balaban J connectivity index is 2.74. The highest BCUT2D eigenvalue weighted by molar-refractivity contribution is 6.09. The molecule has 0 aliphatic rings. The normalized spacial score (nSPS) is 12.1. The molecule has 0 aliphatic heterocycles. The number of allylic oxidation sites excluding steroid dienone is 1. The molecule has 2 aromatic rings. The van der Waals surface area contributed by atoms with Crippen molar-refractivity contribution in [3.05, 3.63) is 35.5 Å². The number of pyridine rings is 1.